The number of likely N-dealkylation sites (N-methyl/N-ethyl adjacent to an activating group) is 1. The monoisotopic (exact) mass is 1500 g/mol. The third-order valence-corrected chi connectivity index (χ3v) is 21.3. The predicted octanol–water partition coefficient (Wildman–Crippen LogP) is 7.31. The van der Waals surface area contributed by atoms with Gasteiger partial charge in [-0.05, 0) is 93.7 Å². The number of carboxylic acid groups (broad SMARTS) is 3. The number of aromatic nitrogens is 2. The first-order valence-electron chi connectivity index (χ1n) is 32.0. The van der Waals surface area contributed by atoms with E-state index >= 15 is 0 Å². The highest BCUT2D eigenvalue weighted by Crippen LogP contribution is 2.41. The Morgan fingerprint density at radius 1 is 0.798 bits per heavy atom. The van der Waals surface area contributed by atoms with Crippen molar-refractivity contribution in [3.63, 3.8) is 0 Å². The number of hydrogen-bond donors (Lipinski definition) is 14. The second-order valence-electron chi connectivity index (χ2n) is 24.5. The molecule has 9 atom stereocenters. The van der Waals surface area contributed by atoms with Gasteiger partial charge in [0.1, 0.15) is 67.2 Å². The lowest BCUT2D eigenvalue weighted by atomic mass is 9.98. The van der Waals surface area contributed by atoms with Gasteiger partial charge in [0.15, 0.2) is 11.8 Å². The molecule has 5 heterocycles. The number of H-pyrrole nitrogens is 1. The number of phenolic OH excluding ortho intramolecular Hbond substituents is 1. The quantitative estimate of drug-likeness (QED) is 0.00291. The minimum absolute atomic E-state index is 0.00193. The number of aliphatic hydroxyl groups excluding tert-OH is 3. The molecular formula is C64H96F4N8O18S5+2. The van der Waals surface area contributed by atoms with Gasteiger partial charge in [-0.3, -0.25) is 24.0 Å². The lowest BCUT2D eigenvalue weighted by Crippen LogP contribution is -2.48. The summed E-state index contributed by atoms with van der Waals surface area (Å²) in [4.78, 5) is 91.2. The number of aliphatic hydroxyl groups is 3. The van der Waals surface area contributed by atoms with Gasteiger partial charge in [0, 0.05) is 110 Å². The maximum atomic E-state index is 12.5. The summed E-state index contributed by atoms with van der Waals surface area (Å²) in [7, 11) is 14.2. The Balaban J connectivity index is 0.000000326. The molecule has 14 N–H and O–H groups in total. The molecule has 8 rings (SSSR count). The number of alkyl halides is 4. The van der Waals surface area contributed by atoms with Gasteiger partial charge in [-0.2, -0.15) is 30.2 Å². The molecule has 0 saturated carbocycles. The lowest BCUT2D eigenvalue weighted by Gasteiger charge is -2.23. The first kappa shape index (κ1) is 87.2. The van der Waals surface area contributed by atoms with Crippen LogP contribution in [0.15, 0.2) is 60.7 Å². The van der Waals surface area contributed by atoms with Crippen LogP contribution in [0.3, 0.4) is 0 Å². The van der Waals surface area contributed by atoms with Crippen molar-refractivity contribution in [3.05, 3.63) is 71.1 Å². The van der Waals surface area contributed by atoms with Crippen molar-refractivity contribution >= 4 is 125 Å². The topological polar surface area (TPSA) is 402 Å². The van der Waals surface area contributed by atoms with Gasteiger partial charge in [0.05, 0.1) is 25.6 Å². The summed E-state index contributed by atoms with van der Waals surface area (Å²) in [5.74, 6) is -9.08. The summed E-state index contributed by atoms with van der Waals surface area (Å²) >= 11 is 4.12. The number of nitrogens with zero attached hydrogens (tertiary/aromatic N) is 2. The number of para-hydroxylation sites is 3. The zero-order chi connectivity index (χ0) is 74.0. The maximum Gasteiger partial charge on any atom is 0.374 e. The number of hydrogen-bond acceptors (Lipinski definition) is 22. The molecule has 0 radical (unpaired) electrons. The molecule has 0 aliphatic carbocycles. The Bertz CT molecular complexity index is 3230. The van der Waals surface area contributed by atoms with Gasteiger partial charge in [-0.15, -0.1) is 0 Å². The number of benzene rings is 3. The molecule has 3 aromatic carbocycles. The number of nitrogens with one attached hydrogen (secondary N) is 5. The number of aromatic amines is 1. The van der Waals surface area contributed by atoms with Gasteiger partial charge in [0.2, 0.25) is 17.7 Å². The molecule has 3 fully saturated rings. The van der Waals surface area contributed by atoms with Crippen molar-refractivity contribution in [2.24, 2.45) is 5.73 Å². The first-order chi connectivity index (χ1) is 46.5. The summed E-state index contributed by atoms with van der Waals surface area (Å²) in [5.41, 5.74) is 9.71. The zero-order valence-electron chi connectivity index (χ0n) is 56.2. The Morgan fingerprint density at radius 3 is 1.93 bits per heavy atom. The van der Waals surface area contributed by atoms with E-state index in [2.05, 4.69) is 60.0 Å². The van der Waals surface area contributed by atoms with Gasteiger partial charge < -0.3 is 86.4 Å². The normalized spacial score (nSPS) is 19.7. The van der Waals surface area contributed by atoms with E-state index in [1.165, 1.54) is 37.7 Å². The first-order valence-corrected chi connectivity index (χ1v) is 37.4. The molecule has 0 bridgehead atoms. The van der Waals surface area contributed by atoms with Crippen LogP contribution in [0, 0.1) is 4.91 Å². The standard InChI is InChI=1S/C17H17N2O6.C16H29N3O4S3.C13H26NO2S2.C12H16N2O2.2C3H4F2O2/c20-15-13(25-17(22)16(15)21)8-24-12-7-3-6-11-14(12)18-9-4-1-2-5-10(9)19(11)23;17-12(16(22)23)5-3-8-18-15(21)13(10-24)19-14(20)6-2-1-4-11-7-9-25-26-11;1-14(2,3)9-10-16-13(15)7-5-4-6-12-8-11-17-18-12;1-8(15)13-5-4-9-7-14-12-3-2-10(16)6-11(9)12;2*1-3(4,5)2(6)7/h1-7,13,15-17,20-22H,8H2,(H,18,23);11-13,24H,1-10,17H2,(H,18,21)(H,19,20)(H,22,23);12H,4-11H2,1-3H3;2-3,6,9,14,16H,4-5,7H2,1H3,(H,13,15);2*1H3,(H,6,7)/q+1;;+1;;;. The van der Waals surface area contributed by atoms with E-state index in [1.54, 1.807) is 48.5 Å². The average molecular weight is 1500 g/mol. The smallest absolute Gasteiger partial charge is 0.374 e. The van der Waals surface area contributed by atoms with Crippen LogP contribution in [0.1, 0.15) is 116 Å². The van der Waals surface area contributed by atoms with Gasteiger partial charge in [-0.25, -0.2) is 9.59 Å². The molecule has 26 nitrogen and oxygen atoms in total. The maximum absolute atomic E-state index is 12.5. The number of unbranched alkanes of at least 4 members (excludes halogenated alkanes) is 2. The van der Waals surface area contributed by atoms with E-state index in [0.717, 1.165) is 77.0 Å². The number of quaternary nitrogens is 1. The number of carbonyl (C=O) groups is 7. The van der Waals surface area contributed by atoms with Gasteiger partial charge in [-0.1, -0.05) is 74.2 Å². The van der Waals surface area contributed by atoms with Crippen LogP contribution in [0.4, 0.5) is 23.2 Å². The SMILES string of the molecule is CC(=O)NCCC1CNc2ccc(O)cc21.CC(F)(F)C(=O)O.CC(F)(F)C(=O)O.C[N+](C)(C)CCOC(=O)CCCCC1CCSS1.NC(CCCNC(=O)C(CS)NC(=O)CCCCC1CCSS1)C(=O)O.O=[n+]1c2ccccc2[nH]c2c(OCC3OC(O)C(O)C3O)cccc21. The van der Waals surface area contributed by atoms with E-state index < -0.39 is 66.4 Å². The largest absolute Gasteiger partial charge is 0.508 e. The van der Waals surface area contributed by atoms with Crippen LogP contribution < -0.4 is 36.2 Å². The van der Waals surface area contributed by atoms with Crippen molar-refractivity contribution in [2.75, 3.05) is 83.1 Å². The van der Waals surface area contributed by atoms with E-state index in [1.807, 2.05) is 55.3 Å². The molecule has 4 aromatic rings. The number of thiol groups is 1. The minimum atomic E-state index is -3.58. The molecule has 9 unspecified atom stereocenters. The summed E-state index contributed by atoms with van der Waals surface area (Å²) in [6, 6.07) is 15.9. The highest BCUT2D eigenvalue weighted by atomic mass is 33.1. The third kappa shape index (κ3) is 34.0. The summed E-state index contributed by atoms with van der Waals surface area (Å²) in [5, 5.41) is 74.9. The highest BCUT2D eigenvalue weighted by Gasteiger charge is 2.42. The molecule has 4 aliphatic rings. The Kier molecular flexibility index (Phi) is 39.1. The number of amides is 3. The number of carboxylic acids is 3. The highest BCUT2D eigenvalue weighted by molar-refractivity contribution is 8.77. The second kappa shape index (κ2) is 44.4. The fraction of sp³-hybridized carbons (Fsp3) is 0.609. The predicted molar refractivity (Wildman–Crippen MR) is 378 cm³/mol. The third-order valence-electron chi connectivity index (χ3n) is 14.9. The van der Waals surface area contributed by atoms with Crippen molar-refractivity contribution in [1.29, 1.82) is 0 Å². The van der Waals surface area contributed by atoms with Crippen LogP contribution in [0.25, 0.3) is 22.1 Å². The molecule has 1 aromatic heterocycles. The van der Waals surface area contributed by atoms with Crippen molar-refractivity contribution in [1.82, 2.24) is 20.9 Å². The number of anilines is 1. The van der Waals surface area contributed by atoms with Crippen LogP contribution in [-0.2, 0) is 43.0 Å². The molecule has 3 saturated heterocycles. The van der Waals surface area contributed by atoms with Crippen LogP contribution in [-0.4, -0.2) is 224 Å². The Hall–Kier alpha value is -6.02. The molecule has 35 heteroatoms. The molecule has 556 valence electrons. The number of phenols is 1. The summed E-state index contributed by atoms with van der Waals surface area (Å²) < 4.78 is 62.6. The number of carbonyl (C=O) groups excluding carboxylic acids is 4. The minimum Gasteiger partial charge on any atom is -0.508 e. The molecule has 4 aliphatic heterocycles. The number of aromatic hydroxyl groups is 1. The van der Waals surface area contributed by atoms with Crippen molar-refractivity contribution < 1.29 is 110 Å². The number of nitrogens with two attached hydrogens (primary N) is 1. The van der Waals surface area contributed by atoms with E-state index in [4.69, 9.17) is 35.3 Å². The molecule has 0 spiro atoms. The number of esters is 1. The van der Waals surface area contributed by atoms with Gasteiger partial charge in [0.25, 0.3) is 11.0 Å². The zero-order valence-corrected chi connectivity index (χ0v) is 60.4. The fourth-order valence-electron chi connectivity index (χ4n) is 9.24. The van der Waals surface area contributed by atoms with Crippen molar-refractivity contribution in [3.8, 4) is 11.5 Å². The number of ether oxygens (including phenoxy) is 3. The van der Waals surface area contributed by atoms with Crippen LogP contribution in [0.2, 0.25) is 0 Å². The number of fused-ring (bicyclic) bond motifs is 3. The molecule has 99 heavy (non-hydrogen) atoms. The van der Waals surface area contributed by atoms with E-state index in [-0.39, 0.29) is 42.5 Å². The van der Waals surface area contributed by atoms with Crippen LogP contribution >= 0.6 is 55.8 Å². The number of halogens is 4. The Labute approximate surface area is 593 Å². The molecular weight excluding hydrogens is 1410 g/mol. The molecule has 3 amide bonds. The van der Waals surface area contributed by atoms with E-state index in [9.17, 15) is 76.5 Å². The number of aliphatic carboxylic acids is 3. The average Bonchev–Trinajstić information content (AvgIpc) is 1.51. The van der Waals surface area contributed by atoms with Crippen molar-refractivity contribution in [2.45, 2.75) is 169 Å². The van der Waals surface area contributed by atoms with Crippen LogP contribution in [0.5, 0.6) is 11.5 Å². The van der Waals surface area contributed by atoms with Gasteiger partial charge >= 0.3 is 35.7 Å². The van der Waals surface area contributed by atoms with E-state index in [0.29, 0.717) is 97.5 Å². The number of rotatable bonds is 29. The second-order valence-corrected chi connectivity index (χ2v) is 30.5. The summed E-state index contributed by atoms with van der Waals surface area (Å²) in [6.07, 6.45) is 6.64. The summed E-state index contributed by atoms with van der Waals surface area (Å²) in [6.45, 7) is 5.37. The Morgan fingerprint density at radius 2 is 1.39 bits per heavy atom. The fourth-order valence-corrected chi connectivity index (χ4v) is 15.6. The lowest BCUT2D eigenvalue weighted by molar-refractivity contribution is -0.870.